The van der Waals surface area contributed by atoms with Crippen LogP contribution in [0.5, 0.6) is 0 Å². The van der Waals surface area contributed by atoms with Gasteiger partial charge in [0, 0.05) is 50.5 Å². The van der Waals surface area contributed by atoms with E-state index in [0.29, 0.717) is 19.1 Å². The zero-order chi connectivity index (χ0) is 15.5. The molecule has 0 aromatic heterocycles. The lowest BCUT2D eigenvalue weighted by atomic mass is 9.58. The summed E-state index contributed by atoms with van der Waals surface area (Å²) in [7, 11) is 0. The van der Waals surface area contributed by atoms with Gasteiger partial charge in [-0.1, -0.05) is 13.8 Å². The highest BCUT2D eigenvalue weighted by molar-refractivity contribution is 5.76. The van der Waals surface area contributed by atoms with E-state index in [2.05, 4.69) is 19.2 Å². The lowest BCUT2D eigenvalue weighted by Crippen LogP contribution is -2.62. The number of nitrogens with zero attached hydrogens (tertiary/aromatic N) is 1. The van der Waals surface area contributed by atoms with Gasteiger partial charge in [0.25, 0.3) is 0 Å². The molecule has 2 aliphatic rings. The number of piperidine rings is 1. The molecule has 0 aromatic rings. The van der Waals surface area contributed by atoms with Crippen molar-refractivity contribution in [2.45, 2.75) is 64.7 Å². The maximum Gasteiger partial charge on any atom is 0.223 e. The molecular formula is C16H30N2O3. The number of hydrogen-bond donors (Lipinski definition) is 2. The van der Waals surface area contributed by atoms with Crippen molar-refractivity contribution < 1.29 is 14.6 Å². The van der Waals surface area contributed by atoms with Crippen molar-refractivity contribution in [3.8, 4) is 0 Å². The molecule has 2 N–H and O–H groups in total. The number of rotatable bonds is 6. The van der Waals surface area contributed by atoms with Gasteiger partial charge >= 0.3 is 0 Å². The van der Waals surface area contributed by atoms with Crippen molar-refractivity contribution in [3.05, 3.63) is 0 Å². The lowest BCUT2D eigenvalue weighted by Gasteiger charge is -2.56. The average molecular weight is 298 g/mol. The SMILES string of the molecule is CCO[C@H]1C[C@@H](O)C12CCN(C(=O)CCNC(C)C)CC2. The Balaban J connectivity index is 1.78. The molecule has 2 rings (SSSR count). The average Bonchev–Trinajstić information content (AvgIpc) is 2.47. The Morgan fingerprint density at radius 1 is 1.43 bits per heavy atom. The zero-order valence-corrected chi connectivity index (χ0v) is 13.6. The molecule has 0 aromatic carbocycles. The highest BCUT2D eigenvalue weighted by Gasteiger charge is 2.56. The molecule has 5 heteroatoms. The van der Waals surface area contributed by atoms with Crippen LogP contribution in [0.25, 0.3) is 0 Å². The van der Waals surface area contributed by atoms with Crippen molar-refractivity contribution in [3.63, 3.8) is 0 Å². The van der Waals surface area contributed by atoms with E-state index in [0.717, 1.165) is 38.9 Å². The quantitative estimate of drug-likeness (QED) is 0.772. The summed E-state index contributed by atoms with van der Waals surface area (Å²) in [6, 6.07) is 0.416. The fourth-order valence-corrected chi connectivity index (χ4v) is 3.61. The molecule has 122 valence electrons. The molecule has 5 nitrogen and oxygen atoms in total. The van der Waals surface area contributed by atoms with Crippen LogP contribution in [-0.2, 0) is 9.53 Å². The van der Waals surface area contributed by atoms with Crippen LogP contribution in [0.2, 0.25) is 0 Å². The number of hydrogen-bond acceptors (Lipinski definition) is 4. The van der Waals surface area contributed by atoms with Gasteiger partial charge in [0.05, 0.1) is 12.2 Å². The van der Waals surface area contributed by atoms with E-state index in [1.165, 1.54) is 0 Å². The topological polar surface area (TPSA) is 61.8 Å². The Morgan fingerprint density at radius 2 is 2.10 bits per heavy atom. The first kappa shape index (κ1) is 16.7. The van der Waals surface area contributed by atoms with Gasteiger partial charge in [0.1, 0.15) is 0 Å². The highest BCUT2D eigenvalue weighted by atomic mass is 16.5. The van der Waals surface area contributed by atoms with E-state index in [4.69, 9.17) is 4.74 Å². The van der Waals surface area contributed by atoms with Crippen LogP contribution in [0.3, 0.4) is 0 Å². The standard InChI is InChI=1S/C16H30N2O3/c1-4-21-14-11-13(19)16(14)6-9-18(10-7-16)15(20)5-8-17-12(2)3/h12-14,17,19H,4-11H2,1-3H3/t13-,14+/m1/s1. The molecule has 1 heterocycles. The normalized spacial score (nSPS) is 28.0. The molecule has 0 unspecified atom stereocenters. The van der Waals surface area contributed by atoms with E-state index in [1.54, 1.807) is 0 Å². The van der Waals surface area contributed by atoms with E-state index >= 15 is 0 Å². The maximum atomic E-state index is 12.2. The maximum absolute atomic E-state index is 12.2. The number of nitrogens with one attached hydrogen (secondary N) is 1. The van der Waals surface area contributed by atoms with Gasteiger partial charge in [-0.3, -0.25) is 4.79 Å². The lowest BCUT2D eigenvalue weighted by molar-refractivity contribution is -0.210. The first-order chi connectivity index (χ1) is 9.99. The molecule has 21 heavy (non-hydrogen) atoms. The van der Waals surface area contributed by atoms with E-state index < -0.39 is 0 Å². The van der Waals surface area contributed by atoms with Crippen LogP contribution in [0.1, 0.15) is 46.5 Å². The van der Waals surface area contributed by atoms with Crippen LogP contribution >= 0.6 is 0 Å². The van der Waals surface area contributed by atoms with E-state index in [1.807, 2.05) is 11.8 Å². The van der Waals surface area contributed by atoms with E-state index in [-0.39, 0.29) is 23.5 Å². The number of ether oxygens (including phenoxy) is 1. The molecule has 1 spiro atoms. The monoisotopic (exact) mass is 298 g/mol. The summed E-state index contributed by atoms with van der Waals surface area (Å²) in [6.45, 7) is 9.11. The van der Waals surface area contributed by atoms with Crippen LogP contribution < -0.4 is 5.32 Å². The number of aliphatic hydroxyl groups excluding tert-OH is 1. The van der Waals surface area contributed by atoms with Crippen LogP contribution in [0.4, 0.5) is 0 Å². The van der Waals surface area contributed by atoms with Gasteiger partial charge in [-0.15, -0.1) is 0 Å². The molecule has 1 aliphatic carbocycles. The van der Waals surface area contributed by atoms with Crippen LogP contribution in [0.15, 0.2) is 0 Å². The largest absolute Gasteiger partial charge is 0.392 e. The van der Waals surface area contributed by atoms with Crippen molar-refractivity contribution in [1.82, 2.24) is 10.2 Å². The predicted octanol–water partition coefficient (Wildman–Crippen LogP) is 1.15. The minimum Gasteiger partial charge on any atom is -0.392 e. The number of carbonyl (C=O) groups is 1. The fraction of sp³-hybridized carbons (Fsp3) is 0.938. The van der Waals surface area contributed by atoms with Crippen molar-refractivity contribution in [1.29, 1.82) is 0 Å². The van der Waals surface area contributed by atoms with Gasteiger partial charge in [0.2, 0.25) is 5.91 Å². The number of carbonyl (C=O) groups excluding carboxylic acids is 1. The van der Waals surface area contributed by atoms with Crippen LogP contribution in [-0.4, -0.2) is 60.4 Å². The van der Waals surface area contributed by atoms with Gasteiger partial charge in [-0.25, -0.2) is 0 Å². The molecule has 2 atom stereocenters. The molecule has 1 amide bonds. The van der Waals surface area contributed by atoms with Crippen molar-refractivity contribution >= 4 is 5.91 Å². The predicted molar refractivity (Wildman–Crippen MR) is 82.0 cm³/mol. The fourth-order valence-electron chi connectivity index (χ4n) is 3.61. The third-order valence-corrected chi connectivity index (χ3v) is 5.05. The zero-order valence-electron chi connectivity index (χ0n) is 13.6. The Bertz CT molecular complexity index is 349. The Labute approximate surface area is 128 Å². The third-order valence-electron chi connectivity index (χ3n) is 5.05. The molecule has 1 aliphatic heterocycles. The first-order valence-electron chi connectivity index (χ1n) is 8.30. The second-order valence-electron chi connectivity index (χ2n) is 6.67. The molecule has 1 saturated heterocycles. The summed E-state index contributed by atoms with van der Waals surface area (Å²) in [4.78, 5) is 14.1. The Hall–Kier alpha value is -0.650. The van der Waals surface area contributed by atoms with Crippen molar-refractivity contribution in [2.75, 3.05) is 26.2 Å². The van der Waals surface area contributed by atoms with Gasteiger partial charge in [-0.2, -0.15) is 0 Å². The summed E-state index contributed by atoms with van der Waals surface area (Å²) in [6.07, 6.45) is 2.96. The number of likely N-dealkylation sites (tertiary alicyclic amines) is 1. The molecule has 2 fully saturated rings. The van der Waals surface area contributed by atoms with Gasteiger partial charge in [0.15, 0.2) is 0 Å². The van der Waals surface area contributed by atoms with Gasteiger partial charge in [-0.05, 0) is 19.8 Å². The number of aliphatic hydroxyl groups is 1. The summed E-state index contributed by atoms with van der Waals surface area (Å²) >= 11 is 0. The second-order valence-corrected chi connectivity index (χ2v) is 6.67. The van der Waals surface area contributed by atoms with Gasteiger partial charge < -0.3 is 20.1 Å². The Kier molecular flexibility index (Phi) is 5.63. The molecule has 0 radical (unpaired) electrons. The minimum absolute atomic E-state index is 0.0943. The first-order valence-corrected chi connectivity index (χ1v) is 8.30. The summed E-state index contributed by atoms with van der Waals surface area (Å²) in [5.41, 5.74) is -0.0943. The summed E-state index contributed by atoms with van der Waals surface area (Å²) in [5, 5.41) is 13.4. The minimum atomic E-state index is -0.256. The highest BCUT2D eigenvalue weighted by Crippen LogP contribution is 2.50. The molecule has 1 saturated carbocycles. The third kappa shape index (κ3) is 3.58. The summed E-state index contributed by atoms with van der Waals surface area (Å²) in [5.74, 6) is 0.222. The second kappa shape index (κ2) is 7.07. The molecular weight excluding hydrogens is 268 g/mol. The molecule has 0 bridgehead atoms. The van der Waals surface area contributed by atoms with E-state index in [9.17, 15) is 9.90 Å². The van der Waals surface area contributed by atoms with Crippen LogP contribution in [0, 0.1) is 5.41 Å². The van der Waals surface area contributed by atoms with Crippen molar-refractivity contribution in [2.24, 2.45) is 5.41 Å². The number of amides is 1. The summed E-state index contributed by atoms with van der Waals surface area (Å²) < 4.78 is 5.76. The smallest absolute Gasteiger partial charge is 0.223 e. The Morgan fingerprint density at radius 3 is 2.62 bits per heavy atom.